The van der Waals surface area contributed by atoms with Crippen LogP contribution < -0.4 is 5.11 Å². The smallest absolute Gasteiger partial charge is 0.430 e. The van der Waals surface area contributed by atoms with Crippen LogP contribution in [0.2, 0.25) is 0 Å². The number of halogens is 3. The molecule has 140 valence electrons. The fraction of sp³-hybridized carbons (Fsp3) is 0.667. The number of hydrogen-bond acceptors (Lipinski definition) is 6. The molecule has 0 unspecified atom stereocenters. The third kappa shape index (κ3) is 16.0. The lowest BCUT2D eigenvalue weighted by Gasteiger charge is -2.28. The highest BCUT2D eigenvalue weighted by atomic mass is 19.4. The van der Waals surface area contributed by atoms with Crippen molar-refractivity contribution in [1.29, 1.82) is 0 Å². The Bertz CT molecular complexity index is 563. The van der Waals surface area contributed by atoms with Gasteiger partial charge in [-0.15, -0.1) is 0 Å². The molecule has 2 N–H and O–H groups in total. The molecule has 0 aromatic carbocycles. The van der Waals surface area contributed by atoms with E-state index in [9.17, 15) is 27.6 Å². The molecule has 0 aliphatic rings. The number of quaternary nitrogens is 1. The molecule has 0 aromatic heterocycles. The third-order valence-corrected chi connectivity index (χ3v) is 1.89. The van der Waals surface area contributed by atoms with E-state index in [0.29, 0.717) is 0 Å². The maximum absolute atomic E-state index is 11.2. The maximum atomic E-state index is 11.2. The highest BCUT2D eigenvalue weighted by Crippen LogP contribution is 2.11. The van der Waals surface area contributed by atoms with Crippen molar-refractivity contribution in [2.45, 2.75) is 25.1 Å². The predicted molar refractivity (Wildman–Crippen MR) is 68.3 cm³/mol. The van der Waals surface area contributed by atoms with Crippen molar-refractivity contribution in [1.82, 2.24) is 0 Å². The molecule has 0 radical (unpaired) electrons. The Kier molecular flexibility index (Phi) is 7.26. The quantitative estimate of drug-likeness (QED) is 0.328. The molecule has 0 aliphatic carbocycles. The van der Waals surface area contributed by atoms with E-state index in [-0.39, 0.29) is 6.54 Å². The van der Waals surface area contributed by atoms with E-state index >= 15 is 0 Å². The first kappa shape index (κ1) is 18.0. The Hall–Kier alpha value is -2.37. The first-order chi connectivity index (χ1) is 11.8. The molecule has 0 saturated carbocycles. The Labute approximate surface area is 139 Å². The van der Waals surface area contributed by atoms with Gasteiger partial charge in [-0.2, -0.15) is 13.2 Å². The van der Waals surface area contributed by atoms with Gasteiger partial charge < -0.3 is 29.3 Å². The molecule has 0 fully saturated rings. The second-order valence-electron chi connectivity index (χ2n) is 4.93. The summed E-state index contributed by atoms with van der Waals surface area (Å²) in [5.74, 6) is -6.79. The summed E-state index contributed by atoms with van der Waals surface area (Å²) in [6.45, 7) is -2.69. The summed E-state index contributed by atoms with van der Waals surface area (Å²) in [6.07, 6.45) is -7.91. The van der Waals surface area contributed by atoms with Gasteiger partial charge in [-0.3, -0.25) is 14.4 Å². The van der Waals surface area contributed by atoms with Gasteiger partial charge in [-0.1, -0.05) is 0 Å². The second kappa shape index (κ2) is 9.70. The summed E-state index contributed by atoms with van der Waals surface area (Å²) in [4.78, 5) is 41.1. The zero-order chi connectivity index (χ0) is 22.2. The lowest BCUT2D eigenvalue weighted by atomic mass is 10.2. The van der Waals surface area contributed by atoms with Crippen molar-refractivity contribution in [2.24, 2.45) is 0 Å². The van der Waals surface area contributed by atoms with Crippen LogP contribution in [-0.2, 0) is 23.9 Å². The van der Waals surface area contributed by atoms with Crippen LogP contribution in [0.15, 0.2) is 0 Å². The van der Waals surface area contributed by atoms with Crippen molar-refractivity contribution in [2.75, 3.05) is 27.6 Å². The van der Waals surface area contributed by atoms with Crippen molar-refractivity contribution in [3.63, 3.8) is 0 Å². The number of carboxylic acid groups (broad SMARTS) is 3. The number of carboxylic acids is 3. The van der Waals surface area contributed by atoms with E-state index in [2.05, 4.69) is 0 Å². The van der Waals surface area contributed by atoms with Gasteiger partial charge in [0.05, 0.1) is 31.6 Å². The number of alkyl halides is 3. The number of ether oxygens (including phenoxy) is 1. The minimum atomic E-state index is -5.19. The van der Waals surface area contributed by atoms with Gasteiger partial charge in [0.2, 0.25) is 0 Å². The summed E-state index contributed by atoms with van der Waals surface area (Å²) in [5, 5.41) is 25.9. The van der Waals surface area contributed by atoms with Crippen molar-refractivity contribution in [3.05, 3.63) is 0 Å². The van der Waals surface area contributed by atoms with Crippen LogP contribution in [0.3, 0.4) is 0 Å². The maximum Gasteiger partial charge on any atom is 0.430 e. The molecule has 0 rings (SSSR count). The molecule has 0 amide bonds. The Morgan fingerprint density at radius 2 is 1.67 bits per heavy atom. The van der Waals surface area contributed by atoms with E-state index in [4.69, 9.17) is 29.0 Å². The Morgan fingerprint density at radius 1 is 1.21 bits per heavy atom. The molecule has 0 bridgehead atoms. The van der Waals surface area contributed by atoms with Crippen molar-refractivity contribution in [3.8, 4) is 0 Å². The predicted octanol–water partition coefficient (Wildman–Crippen LogP) is -1.15. The number of aliphatic carboxylic acids is 3. The molecular formula is C12H18F3NO8. The molecule has 24 heavy (non-hydrogen) atoms. The number of likely N-dealkylation sites (N-methyl/N-ethyl adjacent to an activating group) is 1. The van der Waals surface area contributed by atoms with Crippen LogP contribution in [0.1, 0.15) is 17.0 Å². The number of rotatable bonds is 7. The lowest BCUT2D eigenvalue weighted by Crippen LogP contribution is -2.44. The standard InChI is InChI=1S/C10H17NO6.C2HF3O2/c1-11(2,3)6-7(4-8(12)13)17-10(16)5-9(14)15;3-2(4,5)1(6)7/h7H,4-6H2,1-3H3,(H-,12,13,14,15);(H,6,7)/t7-;/m1./s1/i1D3;. The SMILES string of the molecule is O=C([O-])C(F)(F)F.[2H]C([2H])([2H])[N+](C)(C)C[C@@H](CC(=O)O)OC(=O)CC(=O)O. The summed E-state index contributed by atoms with van der Waals surface area (Å²) in [6, 6.07) is 0. The van der Waals surface area contributed by atoms with E-state index < -0.39 is 60.5 Å². The molecule has 0 aliphatic heterocycles. The minimum Gasteiger partial charge on any atom is -0.542 e. The van der Waals surface area contributed by atoms with Gasteiger partial charge in [0, 0.05) is 0 Å². The molecule has 0 spiro atoms. The average molecular weight is 364 g/mol. The van der Waals surface area contributed by atoms with Crippen LogP contribution in [0.4, 0.5) is 13.2 Å². The fourth-order valence-corrected chi connectivity index (χ4v) is 1.20. The summed E-state index contributed by atoms with van der Waals surface area (Å²) in [7, 11) is 2.68. The van der Waals surface area contributed by atoms with E-state index in [0.717, 1.165) is 0 Å². The Balaban J connectivity index is 0. The van der Waals surface area contributed by atoms with Crippen LogP contribution in [0, 0.1) is 0 Å². The van der Waals surface area contributed by atoms with E-state index in [1.165, 1.54) is 14.1 Å². The molecule has 0 aromatic rings. The van der Waals surface area contributed by atoms with Crippen molar-refractivity contribution < 1.29 is 61.0 Å². The third-order valence-electron chi connectivity index (χ3n) is 1.89. The number of esters is 1. The van der Waals surface area contributed by atoms with Gasteiger partial charge >= 0.3 is 24.1 Å². The number of nitrogens with zero attached hydrogens (tertiary/aromatic N) is 1. The highest BCUT2D eigenvalue weighted by molar-refractivity contribution is 5.90. The molecule has 0 saturated heterocycles. The molecule has 1 atom stereocenters. The second-order valence-corrected chi connectivity index (χ2v) is 4.93. The zero-order valence-electron chi connectivity index (χ0n) is 15.6. The normalized spacial score (nSPS) is 14.8. The topological polar surface area (TPSA) is 141 Å². The number of carbonyl (C=O) groups excluding carboxylic acids is 2. The molecule has 9 nitrogen and oxygen atoms in total. The largest absolute Gasteiger partial charge is 0.542 e. The van der Waals surface area contributed by atoms with Crippen LogP contribution in [-0.4, -0.2) is 78.5 Å². The van der Waals surface area contributed by atoms with Gasteiger partial charge in [-0.25, -0.2) is 0 Å². The molecular weight excluding hydrogens is 343 g/mol. The summed E-state index contributed by atoms with van der Waals surface area (Å²) >= 11 is 0. The Morgan fingerprint density at radius 3 is 1.96 bits per heavy atom. The van der Waals surface area contributed by atoms with Crippen LogP contribution in [0.5, 0.6) is 0 Å². The zero-order valence-corrected chi connectivity index (χ0v) is 12.6. The van der Waals surface area contributed by atoms with Crippen LogP contribution >= 0.6 is 0 Å². The van der Waals surface area contributed by atoms with Gasteiger partial charge in [0.25, 0.3) is 0 Å². The van der Waals surface area contributed by atoms with Crippen LogP contribution in [0.25, 0.3) is 0 Å². The average Bonchev–Trinajstić information content (AvgIpc) is 2.33. The van der Waals surface area contributed by atoms with E-state index in [1.54, 1.807) is 0 Å². The van der Waals surface area contributed by atoms with E-state index in [1.807, 2.05) is 0 Å². The molecule has 0 heterocycles. The number of hydrogen-bond donors (Lipinski definition) is 2. The first-order valence-corrected chi connectivity index (χ1v) is 6.04. The van der Waals surface area contributed by atoms with Gasteiger partial charge in [0.1, 0.15) is 18.9 Å². The van der Waals surface area contributed by atoms with Gasteiger partial charge in [-0.05, 0) is 0 Å². The lowest BCUT2D eigenvalue weighted by molar-refractivity contribution is -0.873. The molecule has 12 heteroatoms. The first-order valence-electron chi connectivity index (χ1n) is 7.54. The highest BCUT2D eigenvalue weighted by Gasteiger charge is 2.29. The number of carbonyl (C=O) groups is 4. The van der Waals surface area contributed by atoms with Gasteiger partial charge in [0.15, 0.2) is 6.10 Å². The minimum absolute atomic E-state index is 0.270. The summed E-state index contributed by atoms with van der Waals surface area (Å²) in [5.41, 5.74) is 0. The fourth-order valence-electron chi connectivity index (χ4n) is 1.20. The summed E-state index contributed by atoms with van der Waals surface area (Å²) < 4.78 is 57.7. The van der Waals surface area contributed by atoms with Crippen molar-refractivity contribution >= 4 is 23.9 Å². The monoisotopic (exact) mass is 364 g/mol.